The quantitative estimate of drug-likeness (QED) is 0.842. The van der Waals surface area contributed by atoms with E-state index < -0.39 is 0 Å². The molecule has 0 unspecified atom stereocenters. The van der Waals surface area contributed by atoms with Gasteiger partial charge in [0.2, 0.25) is 0 Å². The Morgan fingerprint density at radius 2 is 1.83 bits per heavy atom. The minimum absolute atomic E-state index is 0.220. The monoisotopic (exact) mass is 244 g/mol. The Morgan fingerprint density at radius 3 is 2.56 bits per heavy atom. The van der Waals surface area contributed by atoms with Crippen molar-refractivity contribution < 1.29 is 14.6 Å². The molecule has 0 spiro atoms. The van der Waals surface area contributed by atoms with Crippen LogP contribution in [0.15, 0.2) is 36.4 Å². The predicted octanol–water partition coefficient (Wildman–Crippen LogP) is 3.36. The van der Waals surface area contributed by atoms with Gasteiger partial charge in [-0.25, -0.2) is 4.79 Å². The maximum Gasteiger partial charge on any atom is 0.338 e. The number of benzene rings is 2. The lowest BCUT2D eigenvalue weighted by atomic mass is 10.1. The van der Waals surface area contributed by atoms with Gasteiger partial charge in [0, 0.05) is 0 Å². The van der Waals surface area contributed by atoms with Crippen molar-refractivity contribution in [3.05, 3.63) is 42.0 Å². The van der Waals surface area contributed by atoms with Crippen molar-refractivity contribution >= 4 is 16.7 Å². The molecule has 2 rings (SSSR count). The molecule has 0 aliphatic carbocycles. The second kappa shape index (κ2) is 5.08. The summed E-state index contributed by atoms with van der Waals surface area (Å²) >= 11 is 0. The van der Waals surface area contributed by atoms with E-state index in [1.54, 1.807) is 36.4 Å². The first-order chi connectivity index (χ1) is 8.56. The molecule has 0 aliphatic heterocycles. The number of aromatic hydroxyl groups is 1. The van der Waals surface area contributed by atoms with Gasteiger partial charge in [-0.1, -0.05) is 26.0 Å². The molecule has 94 valence electrons. The number of carbonyl (C=O) groups excluding carboxylic acids is 1. The van der Waals surface area contributed by atoms with E-state index in [-0.39, 0.29) is 11.7 Å². The Hall–Kier alpha value is -2.03. The molecule has 3 nitrogen and oxygen atoms in total. The first-order valence-electron chi connectivity index (χ1n) is 5.96. The van der Waals surface area contributed by atoms with Gasteiger partial charge in [-0.05, 0) is 41.0 Å². The number of fused-ring (bicyclic) bond motifs is 1. The molecule has 0 heterocycles. The Bertz CT molecular complexity index is 573. The molecule has 18 heavy (non-hydrogen) atoms. The first kappa shape index (κ1) is 12.4. The van der Waals surface area contributed by atoms with E-state index in [2.05, 4.69) is 0 Å². The second-order valence-electron chi connectivity index (χ2n) is 4.74. The molecule has 0 bridgehead atoms. The summed E-state index contributed by atoms with van der Waals surface area (Å²) in [6, 6.07) is 10.3. The Balaban J connectivity index is 2.24. The van der Waals surface area contributed by atoms with Crippen molar-refractivity contribution in [2.24, 2.45) is 5.92 Å². The molecule has 0 aromatic heterocycles. The van der Waals surface area contributed by atoms with Crippen molar-refractivity contribution in [2.45, 2.75) is 13.8 Å². The third kappa shape index (κ3) is 2.80. The fourth-order valence-electron chi connectivity index (χ4n) is 1.69. The fraction of sp³-hybridized carbons (Fsp3) is 0.267. The number of ether oxygens (including phenoxy) is 1. The molecule has 1 N–H and O–H groups in total. The SMILES string of the molecule is CC(C)COC(=O)c1ccc2cc(O)ccc2c1. The average molecular weight is 244 g/mol. The van der Waals surface area contributed by atoms with Crippen LogP contribution in [0, 0.1) is 5.92 Å². The molecule has 0 atom stereocenters. The van der Waals surface area contributed by atoms with Gasteiger partial charge in [0.25, 0.3) is 0 Å². The van der Waals surface area contributed by atoms with Crippen LogP contribution in [0.1, 0.15) is 24.2 Å². The van der Waals surface area contributed by atoms with Crippen LogP contribution in [0.25, 0.3) is 10.8 Å². The summed E-state index contributed by atoms with van der Waals surface area (Å²) in [5.41, 5.74) is 0.536. The van der Waals surface area contributed by atoms with Gasteiger partial charge < -0.3 is 9.84 Å². The van der Waals surface area contributed by atoms with E-state index >= 15 is 0 Å². The topological polar surface area (TPSA) is 46.5 Å². The van der Waals surface area contributed by atoms with E-state index in [0.717, 1.165) is 10.8 Å². The number of esters is 1. The Morgan fingerprint density at radius 1 is 1.17 bits per heavy atom. The molecule has 0 aliphatic rings. The van der Waals surface area contributed by atoms with Crippen molar-refractivity contribution in [1.82, 2.24) is 0 Å². The van der Waals surface area contributed by atoms with Crippen molar-refractivity contribution in [2.75, 3.05) is 6.61 Å². The molecule has 0 amide bonds. The maximum atomic E-state index is 11.8. The number of hydrogen-bond donors (Lipinski definition) is 1. The van der Waals surface area contributed by atoms with E-state index in [1.807, 2.05) is 13.8 Å². The minimum Gasteiger partial charge on any atom is -0.508 e. The Labute approximate surface area is 106 Å². The largest absolute Gasteiger partial charge is 0.508 e. The zero-order valence-electron chi connectivity index (χ0n) is 10.5. The molecule has 2 aromatic rings. The number of rotatable bonds is 3. The summed E-state index contributed by atoms with van der Waals surface area (Å²) in [7, 11) is 0. The van der Waals surface area contributed by atoms with Crippen LogP contribution in [0.3, 0.4) is 0 Å². The predicted molar refractivity (Wildman–Crippen MR) is 70.7 cm³/mol. The van der Waals surface area contributed by atoms with E-state index in [0.29, 0.717) is 18.1 Å². The third-order valence-corrected chi connectivity index (χ3v) is 2.61. The zero-order valence-corrected chi connectivity index (χ0v) is 10.5. The van der Waals surface area contributed by atoms with Crippen LogP contribution in [-0.2, 0) is 4.74 Å². The third-order valence-electron chi connectivity index (χ3n) is 2.61. The molecule has 0 saturated carbocycles. The minimum atomic E-state index is -0.307. The van der Waals surface area contributed by atoms with E-state index in [4.69, 9.17) is 4.74 Å². The van der Waals surface area contributed by atoms with Crippen molar-refractivity contribution in [1.29, 1.82) is 0 Å². The van der Waals surface area contributed by atoms with Gasteiger partial charge >= 0.3 is 5.97 Å². The highest BCUT2D eigenvalue weighted by atomic mass is 16.5. The fourth-order valence-corrected chi connectivity index (χ4v) is 1.69. The normalized spacial score (nSPS) is 10.8. The Kier molecular flexibility index (Phi) is 3.51. The standard InChI is InChI=1S/C15H16O3/c1-10(2)9-18-15(17)13-4-3-12-8-14(16)6-5-11(12)7-13/h3-8,10,16H,9H2,1-2H3. The van der Waals surface area contributed by atoms with Crippen LogP contribution >= 0.6 is 0 Å². The number of hydrogen-bond acceptors (Lipinski definition) is 3. The second-order valence-corrected chi connectivity index (χ2v) is 4.74. The number of phenolic OH excluding ortho intramolecular Hbond substituents is 1. The molecular formula is C15H16O3. The van der Waals surface area contributed by atoms with Gasteiger partial charge in [0.05, 0.1) is 12.2 Å². The van der Waals surface area contributed by atoms with Crippen molar-refractivity contribution in [3.63, 3.8) is 0 Å². The summed E-state index contributed by atoms with van der Waals surface area (Å²) in [5, 5.41) is 11.2. The lowest BCUT2D eigenvalue weighted by Gasteiger charge is -2.07. The highest BCUT2D eigenvalue weighted by molar-refractivity contribution is 5.95. The molecule has 3 heteroatoms. The summed E-state index contributed by atoms with van der Waals surface area (Å²) in [6.45, 7) is 4.42. The molecule has 0 radical (unpaired) electrons. The van der Waals surface area contributed by atoms with Crippen LogP contribution in [0.4, 0.5) is 0 Å². The van der Waals surface area contributed by atoms with E-state index in [9.17, 15) is 9.90 Å². The van der Waals surface area contributed by atoms with Crippen LogP contribution < -0.4 is 0 Å². The van der Waals surface area contributed by atoms with Gasteiger partial charge in [-0.2, -0.15) is 0 Å². The van der Waals surface area contributed by atoms with Gasteiger partial charge in [0.15, 0.2) is 0 Å². The van der Waals surface area contributed by atoms with Gasteiger partial charge in [-0.15, -0.1) is 0 Å². The van der Waals surface area contributed by atoms with Gasteiger partial charge in [-0.3, -0.25) is 0 Å². The molecule has 0 saturated heterocycles. The highest BCUT2D eigenvalue weighted by Crippen LogP contribution is 2.21. The van der Waals surface area contributed by atoms with Crippen LogP contribution in [0.2, 0.25) is 0 Å². The first-order valence-corrected chi connectivity index (χ1v) is 5.96. The summed E-state index contributed by atoms with van der Waals surface area (Å²) in [5.74, 6) is 0.239. The summed E-state index contributed by atoms with van der Waals surface area (Å²) < 4.78 is 5.17. The molecule has 0 fully saturated rings. The van der Waals surface area contributed by atoms with Crippen molar-refractivity contribution in [3.8, 4) is 5.75 Å². The van der Waals surface area contributed by atoms with Crippen LogP contribution in [-0.4, -0.2) is 17.7 Å². The van der Waals surface area contributed by atoms with Crippen LogP contribution in [0.5, 0.6) is 5.75 Å². The molecular weight excluding hydrogens is 228 g/mol. The average Bonchev–Trinajstić information content (AvgIpc) is 2.35. The lowest BCUT2D eigenvalue weighted by molar-refractivity contribution is 0.0459. The molecule has 2 aromatic carbocycles. The highest BCUT2D eigenvalue weighted by Gasteiger charge is 2.08. The number of carbonyl (C=O) groups is 1. The van der Waals surface area contributed by atoms with E-state index in [1.165, 1.54) is 0 Å². The summed E-state index contributed by atoms with van der Waals surface area (Å²) in [4.78, 5) is 11.8. The smallest absolute Gasteiger partial charge is 0.338 e. The summed E-state index contributed by atoms with van der Waals surface area (Å²) in [6.07, 6.45) is 0. The number of phenols is 1. The zero-order chi connectivity index (χ0) is 13.1. The lowest BCUT2D eigenvalue weighted by Crippen LogP contribution is -2.10. The maximum absolute atomic E-state index is 11.8. The van der Waals surface area contributed by atoms with Gasteiger partial charge in [0.1, 0.15) is 5.75 Å².